The lowest BCUT2D eigenvalue weighted by atomic mass is 9.98. The van der Waals surface area contributed by atoms with E-state index in [1.165, 1.54) is 11.3 Å². The van der Waals surface area contributed by atoms with E-state index in [9.17, 15) is 26.0 Å². The van der Waals surface area contributed by atoms with E-state index in [1.54, 1.807) is 23.7 Å². The van der Waals surface area contributed by atoms with Gasteiger partial charge in [0.15, 0.2) is 5.69 Å². The lowest BCUT2D eigenvalue weighted by Gasteiger charge is -2.12. The van der Waals surface area contributed by atoms with Gasteiger partial charge in [-0.25, -0.2) is 27.6 Å². The van der Waals surface area contributed by atoms with Crippen molar-refractivity contribution in [3.05, 3.63) is 70.4 Å². The lowest BCUT2D eigenvalue weighted by Crippen LogP contribution is -2.14. The van der Waals surface area contributed by atoms with E-state index < -0.39 is 32.6 Å². The largest absolute Gasteiger partial charge is 0.435 e. The highest BCUT2D eigenvalue weighted by molar-refractivity contribution is 7.89. The van der Waals surface area contributed by atoms with Crippen LogP contribution >= 0.6 is 11.3 Å². The summed E-state index contributed by atoms with van der Waals surface area (Å²) in [6.07, 6.45) is -4.15. The van der Waals surface area contributed by atoms with Crippen molar-refractivity contribution in [1.82, 2.24) is 14.8 Å². The number of sulfonamides is 1. The zero-order chi connectivity index (χ0) is 24.0. The van der Waals surface area contributed by atoms with Crippen molar-refractivity contribution in [2.24, 2.45) is 5.14 Å². The number of benzene rings is 2. The molecule has 0 aliphatic carbocycles. The molecule has 0 fully saturated rings. The number of aromatic nitrogens is 3. The van der Waals surface area contributed by atoms with Gasteiger partial charge in [-0.05, 0) is 36.2 Å². The van der Waals surface area contributed by atoms with Crippen LogP contribution in [0.3, 0.4) is 0 Å². The average Bonchev–Trinajstić information content (AvgIpc) is 3.42. The summed E-state index contributed by atoms with van der Waals surface area (Å²) in [5.74, 6) is -1.20. The summed E-state index contributed by atoms with van der Waals surface area (Å²) in [7, 11) is -4.34. The highest BCUT2D eigenvalue weighted by Gasteiger charge is 2.35. The van der Waals surface area contributed by atoms with Crippen molar-refractivity contribution in [3.8, 4) is 28.2 Å². The minimum atomic E-state index is -4.74. The quantitative estimate of drug-likeness (QED) is 0.393. The number of aryl methyl sites for hydroxylation is 1. The van der Waals surface area contributed by atoms with Crippen molar-refractivity contribution in [3.63, 3.8) is 0 Å². The van der Waals surface area contributed by atoms with E-state index in [-0.39, 0.29) is 11.4 Å². The van der Waals surface area contributed by atoms with Crippen LogP contribution in [0.1, 0.15) is 18.2 Å². The standard InChI is InChI=1S/C21H16F4N4O2S2/c1-2-12-7-13(3-5-15(12)17-10-32-11-27-17)18-9-20(21(23,24)25)28-29(18)14-4-6-19(16(22)8-14)33(26,30)31/h3-11H,2H2,1H3,(H2,26,30,31). The van der Waals surface area contributed by atoms with Gasteiger partial charge in [-0.15, -0.1) is 11.3 Å². The number of thiazole rings is 1. The predicted octanol–water partition coefficient (Wildman–Crippen LogP) is 5.03. The van der Waals surface area contributed by atoms with E-state index in [1.807, 2.05) is 12.3 Å². The van der Waals surface area contributed by atoms with Crippen LogP contribution in [0.25, 0.3) is 28.2 Å². The Morgan fingerprint density at radius 2 is 1.88 bits per heavy atom. The average molecular weight is 497 g/mol. The Bertz CT molecular complexity index is 1430. The minimum absolute atomic E-state index is 0.0598. The van der Waals surface area contributed by atoms with E-state index in [0.29, 0.717) is 12.0 Å². The number of primary sulfonamides is 1. The van der Waals surface area contributed by atoms with E-state index in [4.69, 9.17) is 5.14 Å². The topological polar surface area (TPSA) is 90.9 Å². The third kappa shape index (κ3) is 4.54. The first-order chi connectivity index (χ1) is 15.5. The monoisotopic (exact) mass is 496 g/mol. The number of halogens is 4. The second-order valence-corrected chi connectivity index (χ2v) is 9.33. The molecular weight excluding hydrogens is 480 g/mol. The van der Waals surface area contributed by atoms with Gasteiger partial charge < -0.3 is 0 Å². The highest BCUT2D eigenvalue weighted by atomic mass is 32.2. The van der Waals surface area contributed by atoms with Gasteiger partial charge in [0.05, 0.1) is 22.6 Å². The molecule has 0 saturated heterocycles. The Morgan fingerprint density at radius 3 is 2.45 bits per heavy atom. The molecule has 2 aromatic heterocycles. The summed E-state index contributed by atoms with van der Waals surface area (Å²) in [4.78, 5) is 3.52. The van der Waals surface area contributed by atoms with Crippen LogP contribution in [-0.2, 0) is 22.6 Å². The van der Waals surface area contributed by atoms with Crippen LogP contribution in [0.15, 0.2) is 58.3 Å². The molecule has 0 spiro atoms. The number of hydrogen-bond donors (Lipinski definition) is 1. The summed E-state index contributed by atoms with van der Waals surface area (Å²) < 4.78 is 78.7. The van der Waals surface area contributed by atoms with Crippen LogP contribution < -0.4 is 5.14 Å². The number of nitrogens with zero attached hydrogens (tertiary/aromatic N) is 3. The molecule has 12 heteroatoms. The molecular formula is C21H16F4N4O2S2. The van der Waals surface area contributed by atoms with Crippen molar-refractivity contribution in [1.29, 1.82) is 0 Å². The van der Waals surface area contributed by atoms with Gasteiger partial charge in [0.2, 0.25) is 10.0 Å². The van der Waals surface area contributed by atoms with Crippen LogP contribution in [0, 0.1) is 5.82 Å². The normalized spacial score (nSPS) is 12.3. The molecule has 172 valence electrons. The van der Waals surface area contributed by atoms with Gasteiger partial charge in [0, 0.05) is 22.6 Å². The maximum absolute atomic E-state index is 14.4. The van der Waals surface area contributed by atoms with Gasteiger partial charge in [-0.3, -0.25) is 0 Å². The Balaban J connectivity index is 1.90. The fourth-order valence-corrected chi connectivity index (χ4v) is 4.56. The second kappa shape index (κ2) is 8.36. The Kier molecular flexibility index (Phi) is 5.85. The molecule has 0 amide bonds. The molecule has 2 N–H and O–H groups in total. The van der Waals surface area contributed by atoms with Crippen molar-refractivity contribution < 1.29 is 26.0 Å². The number of rotatable bonds is 5. The summed E-state index contributed by atoms with van der Waals surface area (Å²) in [6, 6.07) is 8.81. The number of nitrogens with two attached hydrogens (primary N) is 1. The van der Waals surface area contributed by atoms with Gasteiger partial charge >= 0.3 is 6.18 Å². The smallest absolute Gasteiger partial charge is 0.245 e. The van der Waals surface area contributed by atoms with Crippen LogP contribution in [0.2, 0.25) is 0 Å². The Morgan fingerprint density at radius 1 is 1.12 bits per heavy atom. The SMILES string of the molecule is CCc1cc(-c2cc(C(F)(F)F)nn2-c2ccc(S(N)(=O)=O)c(F)c2)ccc1-c1cscn1. The van der Waals surface area contributed by atoms with Gasteiger partial charge in [-0.1, -0.05) is 19.1 Å². The molecule has 0 saturated carbocycles. The van der Waals surface area contributed by atoms with Crippen molar-refractivity contribution in [2.75, 3.05) is 0 Å². The third-order valence-corrected chi connectivity index (χ3v) is 6.49. The molecule has 6 nitrogen and oxygen atoms in total. The molecule has 2 aromatic carbocycles. The predicted molar refractivity (Wildman–Crippen MR) is 116 cm³/mol. The Labute approximate surface area is 190 Å². The molecule has 0 unspecified atom stereocenters. The zero-order valence-electron chi connectivity index (χ0n) is 17.0. The summed E-state index contributed by atoms with van der Waals surface area (Å²) in [5.41, 5.74) is 3.38. The van der Waals surface area contributed by atoms with E-state index in [0.717, 1.165) is 45.8 Å². The maximum atomic E-state index is 14.4. The minimum Gasteiger partial charge on any atom is -0.245 e. The van der Waals surface area contributed by atoms with Crippen LogP contribution in [0.5, 0.6) is 0 Å². The fraction of sp³-hybridized carbons (Fsp3) is 0.143. The zero-order valence-corrected chi connectivity index (χ0v) is 18.6. The molecule has 2 heterocycles. The first-order valence-electron chi connectivity index (χ1n) is 9.51. The molecule has 0 atom stereocenters. The maximum Gasteiger partial charge on any atom is 0.435 e. The Hall–Kier alpha value is -3.09. The first-order valence-corrected chi connectivity index (χ1v) is 12.0. The van der Waals surface area contributed by atoms with Gasteiger partial charge in [0.25, 0.3) is 0 Å². The summed E-state index contributed by atoms with van der Waals surface area (Å²) >= 11 is 1.43. The second-order valence-electron chi connectivity index (χ2n) is 7.08. The highest BCUT2D eigenvalue weighted by Crippen LogP contribution is 2.35. The van der Waals surface area contributed by atoms with Gasteiger partial charge in [-0.2, -0.15) is 18.3 Å². The molecule has 0 bridgehead atoms. The molecule has 0 aliphatic rings. The molecule has 33 heavy (non-hydrogen) atoms. The lowest BCUT2D eigenvalue weighted by molar-refractivity contribution is -0.141. The molecule has 0 radical (unpaired) electrons. The molecule has 4 rings (SSSR count). The fourth-order valence-electron chi connectivity index (χ4n) is 3.42. The van der Waals surface area contributed by atoms with E-state index >= 15 is 0 Å². The van der Waals surface area contributed by atoms with Crippen molar-refractivity contribution in [2.45, 2.75) is 24.4 Å². The number of hydrogen-bond acceptors (Lipinski definition) is 5. The van der Waals surface area contributed by atoms with Crippen LogP contribution in [0.4, 0.5) is 17.6 Å². The summed E-state index contributed by atoms with van der Waals surface area (Å²) in [6.45, 7) is 1.91. The summed E-state index contributed by atoms with van der Waals surface area (Å²) in [5, 5.41) is 10.5. The van der Waals surface area contributed by atoms with Crippen LogP contribution in [-0.4, -0.2) is 23.2 Å². The number of alkyl halides is 3. The van der Waals surface area contributed by atoms with Gasteiger partial charge in [0.1, 0.15) is 10.7 Å². The van der Waals surface area contributed by atoms with E-state index in [2.05, 4.69) is 10.1 Å². The molecule has 0 aliphatic heterocycles. The van der Waals surface area contributed by atoms with Crippen molar-refractivity contribution >= 4 is 21.4 Å². The first kappa shape index (κ1) is 23.1. The molecule has 4 aromatic rings. The third-order valence-electron chi connectivity index (χ3n) is 4.96.